The number of carbonyl (C=O) groups is 1. The van der Waals surface area contributed by atoms with Gasteiger partial charge in [-0.05, 0) is 42.5 Å². The standard InChI is InChI=1S/C14H21NO/c1-10-6-7-12(8-11(10)2)15-13(16)9-14(3,4)5/h6-8H,9H2,1-5H3,(H,15,16). The van der Waals surface area contributed by atoms with E-state index in [-0.39, 0.29) is 11.3 Å². The van der Waals surface area contributed by atoms with Gasteiger partial charge in [0.15, 0.2) is 0 Å². The van der Waals surface area contributed by atoms with Gasteiger partial charge in [0.2, 0.25) is 5.91 Å². The first-order valence-electron chi connectivity index (χ1n) is 5.65. The number of hydrogen-bond acceptors (Lipinski definition) is 1. The van der Waals surface area contributed by atoms with Crippen LogP contribution in [0.3, 0.4) is 0 Å². The van der Waals surface area contributed by atoms with Crippen molar-refractivity contribution in [3.8, 4) is 0 Å². The molecule has 1 aromatic carbocycles. The van der Waals surface area contributed by atoms with Gasteiger partial charge >= 0.3 is 0 Å². The van der Waals surface area contributed by atoms with Crippen molar-refractivity contribution in [2.45, 2.75) is 41.0 Å². The van der Waals surface area contributed by atoms with E-state index in [9.17, 15) is 4.79 Å². The average molecular weight is 219 g/mol. The second-order valence-corrected chi connectivity index (χ2v) is 5.58. The van der Waals surface area contributed by atoms with Crippen molar-refractivity contribution in [3.63, 3.8) is 0 Å². The van der Waals surface area contributed by atoms with Gasteiger partial charge in [0.05, 0.1) is 0 Å². The number of hydrogen-bond donors (Lipinski definition) is 1. The Morgan fingerprint density at radius 2 is 1.81 bits per heavy atom. The van der Waals surface area contributed by atoms with E-state index in [1.807, 2.05) is 18.2 Å². The molecule has 0 aliphatic carbocycles. The molecule has 1 rings (SSSR count). The molecule has 1 aromatic rings. The van der Waals surface area contributed by atoms with E-state index in [2.05, 4.69) is 39.9 Å². The molecule has 0 bridgehead atoms. The van der Waals surface area contributed by atoms with Crippen LogP contribution in [0.15, 0.2) is 18.2 Å². The van der Waals surface area contributed by atoms with Crippen LogP contribution in [-0.4, -0.2) is 5.91 Å². The molecule has 0 aliphatic rings. The molecule has 0 atom stereocenters. The second-order valence-electron chi connectivity index (χ2n) is 5.58. The Morgan fingerprint density at radius 3 is 2.31 bits per heavy atom. The van der Waals surface area contributed by atoms with Gasteiger partial charge in [-0.15, -0.1) is 0 Å². The van der Waals surface area contributed by atoms with E-state index in [4.69, 9.17) is 0 Å². The van der Waals surface area contributed by atoms with Crippen molar-refractivity contribution in [1.82, 2.24) is 0 Å². The monoisotopic (exact) mass is 219 g/mol. The van der Waals surface area contributed by atoms with E-state index in [0.29, 0.717) is 6.42 Å². The fourth-order valence-corrected chi connectivity index (χ4v) is 1.51. The molecule has 0 unspecified atom stereocenters. The summed E-state index contributed by atoms with van der Waals surface area (Å²) in [5.41, 5.74) is 3.36. The molecule has 0 fully saturated rings. The van der Waals surface area contributed by atoms with Crippen molar-refractivity contribution in [1.29, 1.82) is 0 Å². The third-order valence-corrected chi connectivity index (χ3v) is 2.48. The maximum Gasteiger partial charge on any atom is 0.224 e. The molecule has 0 heterocycles. The summed E-state index contributed by atoms with van der Waals surface area (Å²) in [5, 5.41) is 2.93. The van der Waals surface area contributed by atoms with Gasteiger partial charge in [0.25, 0.3) is 0 Å². The molecule has 2 heteroatoms. The minimum Gasteiger partial charge on any atom is -0.326 e. The molecule has 2 nitrogen and oxygen atoms in total. The van der Waals surface area contributed by atoms with E-state index in [1.165, 1.54) is 11.1 Å². The zero-order valence-corrected chi connectivity index (χ0v) is 10.8. The summed E-state index contributed by atoms with van der Waals surface area (Å²) in [4.78, 5) is 11.7. The lowest BCUT2D eigenvalue weighted by Crippen LogP contribution is -2.19. The lowest BCUT2D eigenvalue weighted by Gasteiger charge is -2.17. The summed E-state index contributed by atoms with van der Waals surface area (Å²) >= 11 is 0. The number of aryl methyl sites for hydroxylation is 2. The Labute approximate surface area is 98.1 Å². The Bertz CT molecular complexity index is 388. The molecule has 0 radical (unpaired) electrons. The summed E-state index contributed by atoms with van der Waals surface area (Å²) in [6, 6.07) is 5.99. The molecule has 1 N–H and O–H groups in total. The quantitative estimate of drug-likeness (QED) is 0.807. The summed E-state index contributed by atoms with van der Waals surface area (Å²) in [6.07, 6.45) is 0.542. The van der Waals surface area contributed by atoms with Gasteiger partial charge < -0.3 is 5.32 Å². The molecule has 0 spiro atoms. The van der Waals surface area contributed by atoms with Crippen molar-refractivity contribution in [3.05, 3.63) is 29.3 Å². The lowest BCUT2D eigenvalue weighted by atomic mass is 9.92. The highest BCUT2D eigenvalue weighted by Gasteiger charge is 2.15. The van der Waals surface area contributed by atoms with E-state index in [0.717, 1.165) is 5.69 Å². The number of carbonyl (C=O) groups excluding carboxylic acids is 1. The molecule has 0 saturated carbocycles. The first-order valence-corrected chi connectivity index (χ1v) is 5.65. The maximum absolute atomic E-state index is 11.7. The van der Waals surface area contributed by atoms with Crippen LogP contribution in [0.5, 0.6) is 0 Å². The van der Waals surface area contributed by atoms with Crippen LogP contribution in [0.2, 0.25) is 0 Å². The summed E-state index contributed by atoms with van der Waals surface area (Å²) in [6.45, 7) is 10.3. The maximum atomic E-state index is 11.7. The fourth-order valence-electron chi connectivity index (χ4n) is 1.51. The van der Waals surface area contributed by atoms with Crippen LogP contribution in [0.25, 0.3) is 0 Å². The predicted octanol–water partition coefficient (Wildman–Crippen LogP) is 3.68. The molecular formula is C14H21NO. The predicted molar refractivity (Wildman–Crippen MR) is 68.6 cm³/mol. The Kier molecular flexibility index (Phi) is 3.74. The van der Waals surface area contributed by atoms with Crippen LogP contribution in [0, 0.1) is 19.3 Å². The minimum atomic E-state index is 0.0316. The first-order chi connectivity index (χ1) is 7.28. The van der Waals surface area contributed by atoms with Crippen LogP contribution in [0.1, 0.15) is 38.3 Å². The van der Waals surface area contributed by atoms with Gasteiger partial charge in [-0.25, -0.2) is 0 Å². The smallest absolute Gasteiger partial charge is 0.224 e. The number of anilines is 1. The van der Waals surface area contributed by atoms with Crippen molar-refractivity contribution < 1.29 is 4.79 Å². The number of amides is 1. The summed E-state index contributed by atoms with van der Waals surface area (Å²) < 4.78 is 0. The molecule has 1 amide bonds. The second kappa shape index (κ2) is 4.69. The summed E-state index contributed by atoms with van der Waals surface area (Å²) in [7, 11) is 0. The van der Waals surface area contributed by atoms with Crippen LogP contribution in [0.4, 0.5) is 5.69 Å². The third-order valence-electron chi connectivity index (χ3n) is 2.48. The van der Waals surface area contributed by atoms with Crippen molar-refractivity contribution in [2.75, 3.05) is 5.32 Å². The van der Waals surface area contributed by atoms with Crippen molar-refractivity contribution in [2.24, 2.45) is 5.41 Å². The van der Waals surface area contributed by atoms with Gasteiger partial charge in [0.1, 0.15) is 0 Å². The SMILES string of the molecule is Cc1ccc(NC(=O)CC(C)(C)C)cc1C. The van der Waals surface area contributed by atoms with Gasteiger partial charge in [-0.3, -0.25) is 4.79 Å². The Morgan fingerprint density at radius 1 is 1.19 bits per heavy atom. The van der Waals surface area contributed by atoms with Crippen LogP contribution >= 0.6 is 0 Å². The molecule has 0 saturated heterocycles. The average Bonchev–Trinajstić information content (AvgIpc) is 2.08. The molecular weight excluding hydrogens is 198 g/mol. The summed E-state index contributed by atoms with van der Waals surface area (Å²) in [5.74, 6) is 0.0794. The highest BCUT2D eigenvalue weighted by molar-refractivity contribution is 5.91. The Hall–Kier alpha value is -1.31. The van der Waals surface area contributed by atoms with E-state index in [1.54, 1.807) is 0 Å². The zero-order valence-electron chi connectivity index (χ0n) is 10.8. The fraction of sp³-hybridized carbons (Fsp3) is 0.500. The first kappa shape index (κ1) is 12.8. The van der Waals surface area contributed by atoms with E-state index < -0.39 is 0 Å². The van der Waals surface area contributed by atoms with Crippen molar-refractivity contribution >= 4 is 11.6 Å². The topological polar surface area (TPSA) is 29.1 Å². The lowest BCUT2D eigenvalue weighted by molar-refractivity contribution is -0.117. The number of rotatable bonds is 2. The zero-order chi connectivity index (χ0) is 12.3. The highest BCUT2D eigenvalue weighted by Crippen LogP contribution is 2.20. The van der Waals surface area contributed by atoms with E-state index >= 15 is 0 Å². The third kappa shape index (κ3) is 4.05. The normalized spacial score (nSPS) is 11.3. The molecule has 0 aromatic heterocycles. The van der Waals surface area contributed by atoms with Gasteiger partial charge in [-0.2, -0.15) is 0 Å². The Balaban J connectivity index is 2.67. The van der Waals surface area contributed by atoms with Crippen LogP contribution < -0.4 is 5.32 Å². The minimum absolute atomic E-state index is 0.0316. The molecule has 16 heavy (non-hydrogen) atoms. The van der Waals surface area contributed by atoms with Gasteiger partial charge in [-0.1, -0.05) is 26.8 Å². The number of benzene rings is 1. The molecule has 0 aliphatic heterocycles. The van der Waals surface area contributed by atoms with Gasteiger partial charge in [0, 0.05) is 12.1 Å². The highest BCUT2D eigenvalue weighted by atomic mass is 16.1. The van der Waals surface area contributed by atoms with Crippen LogP contribution in [-0.2, 0) is 4.79 Å². The number of nitrogens with one attached hydrogen (secondary N) is 1. The molecule has 88 valence electrons. The largest absolute Gasteiger partial charge is 0.326 e.